The first-order valence-electron chi connectivity index (χ1n) is 8.45. The maximum absolute atomic E-state index is 12.0. The molecule has 0 fully saturated rings. The topological polar surface area (TPSA) is 46.9 Å². The summed E-state index contributed by atoms with van der Waals surface area (Å²) in [6.07, 6.45) is 0. The molecule has 0 saturated heterocycles. The Kier molecular flexibility index (Phi) is 5.76. The molecule has 0 aliphatic rings. The summed E-state index contributed by atoms with van der Waals surface area (Å²) in [6, 6.07) is 16.5. The smallest absolute Gasteiger partial charge is 0.230 e. The van der Waals surface area contributed by atoms with Crippen LogP contribution < -0.4 is 5.32 Å². The van der Waals surface area contributed by atoms with Gasteiger partial charge in [0.2, 0.25) is 5.91 Å². The number of fused-ring (bicyclic) bond motifs is 1. The van der Waals surface area contributed by atoms with Crippen molar-refractivity contribution >= 4 is 28.7 Å². The summed E-state index contributed by atoms with van der Waals surface area (Å²) in [5, 5.41) is 3.00. The minimum Gasteiger partial charge on any atom is -0.354 e. The summed E-state index contributed by atoms with van der Waals surface area (Å²) in [4.78, 5) is 16.6. The first kappa shape index (κ1) is 17.5. The van der Waals surface area contributed by atoms with E-state index in [-0.39, 0.29) is 5.91 Å². The summed E-state index contributed by atoms with van der Waals surface area (Å²) in [6.45, 7) is 5.43. The van der Waals surface area contributed by atoms with Crippen molar-refractivity contribution in [2.45, 2.75) is 26.1 Å². The van der Waals surface area contributed by atoms with Crippen LogP contribution in [0, 0.1) is 13.8 Å². The van der Waals surface area contributed by atoms with Gasteiger partial charge in [-0.3, -0.25) is 4.79 Å². The Hall–Kier alpha value is -2.27. The van der Waals surface area contributed by atoms with E-state index in [1.807, 2.05) is 25.1 Å². The summed E-state index contributed by atoms with van der Waals surface area (Å²) in [7, 11) is 0. The van der Waals surface area contributed by atoms with Crippen LogP contribution >= 0.6 is 11.8 Å². The highest BCUT2D eigenvalue weighted by molar-refractivity contribution is 7.99. The third-order valence-corrected chi connectivity index (χ3v) is 5.13. The number of nitrogens with zero attached hydrogens (tertiary/aromatic N) is 2. The Morgan fingerprint density at radius 3 is 2.68 bits per heavy atom. The highest BCUT2D eigenvalue weighted by Crippen LogP contribution is 2.15. The molecule has 25 heavy (non-hydrogen) atoms. The molecular weight excluding hydrogens is 330 g/mol. The molecule has 0 radical (unpaired) electrons. The van der Waals surface area contributed by atoms with Crippen molar-refractivity contribution in [1.82, 2.24) is 14.9 Å². The van der Waals surface area contributed by atoms with E-state index in [0.29, 0.717) is 12.3 Å². The van der Waals surface area contributed by atoms with Crippen LogP contribution in [0.5, 0.6) is 0 Å². The number of para-hydroxylation sites is 2. The van der Waals surface area contributed by atoms with Crippen molar-refractivity contribution < 1.29 is 4.79 Å². The second kappa shape index (κ2) is 8.21. The molecule has 0 spiro atoms. The van der Waals surface area contributed by atoms with E-state index in [1.54, 1.807) is 11.8 Å². The van der Waals surface area contributed by atoms with Crippen LogP contribution in [0.1, 0.15) is 17.0 Å². The number of thioether (sulfide) groups is 1. The zero-order valence-electron chi connectivity index (χ0n) is 14.7. The Labute approximate surface area is 152 Å². The molecule has 1 N–H and O–H groups in total. The molecule has 130 valence electrons. The van der Waals surface area contributed by atoms with E-state index in [9.17, 15) is 4.79 Å². The van der Waals surface area contributed by atoms with Crippen molar-refractivity contribution in [1.29, 1.82) is 0 Å². The normalized spacial score (nSPS) is 11.0. The second-order valence-corrected chi connectivity index (χ2v) is 7.11. The van der Waals surface area contributed by atoms with Gasteiger partial charge in [0, 0.05) is 18.8 Å². The van der Waals surface area contributed by atoms with Crippen LogP contribution in [0.25, 0.3) is 11.0 Å². The predicted octanol–water partition coefficient (Wildman–Crippen LogP) is 3.70. The molecule has 1 aromatic heterocycles. The average Bonchev–Trinajstić information content (AvgIpc) is 2.92. The lowest BCUT2D eigenvalue weighted by Crippen LogP contribution is -2.28. The average molecular weight is 353 g/mol. The highest BCUT2D eigenvalue weighted by Gasteiger charge is 2.07. The van der Waals surface area contributed by atoms with Gasteiger partial charge in [0.25, 0.3) is 0 Å². The molecule has 4 nitrogen and oxygen atoms in total. The number of rotatable bonds is 7. The Bertz CT molecular complexity index is 855. The van der Waals surface area contributed by atoms with Gasteiger partial charge in [0.05, 0.1) is 16.8 Å². The number of hydrogen-bond donors (Lipinski definition) is 1. The number of aryl methyl sites for hydroxylation is 2. The van der Waals surface area contributed by atoms with Crippen molar-refractivity contribution in [2.24, 2.45) is 0 Å². The fourth-order valence-electron chi connectivity index (χ4n) is 2.78. The lowest BCUT2D eigenvalue weighted by molar-refractivity contribution is -0.118. The van der Waals surface area contributed by atoms with Gasteiger partial charge in [0.15, 0.2) is 0 Å². The lowest BCUT2D eigenvalue weighted by atomic mass is 10.2. The summed E-state index contributed by atoms with van der Waals surface area (Å²) >= 11 is 1.64. The molecule has 0 aliphatic carbocycles. The van der Waals surface area contributed by atoms with E-state index in [1.165, 1.54) is 11.1 Å². The van der Waals surface area contributed by atoms with E-state index in [4.69, 9.17) is 0 Å². The van der Waals surface area contributed by atoms with E-state index in [0.717, 1.165) is 29.2 Å². The molecule has 1 heterocycles. The van der Waals surface area contributed by atoms with E-state index >= 15 is 0 Å². The molecule has 2 aromatic carbocycles. The number of amides is 1. The molecule has 0 unspecified atom stereocenters. The van der Waals surface area contributed by atoms with Crippen LogP contribution in [-0.4, -0.2) is 27.8 Å². The van der Waals surface area contributed by atoms with Gasteiger partial charge in [-0.1, -0.05) is 42.0 Å². The minimum atomic E-state index is 0.0826. The van der Waals surface area contributed by atoms with Crippen LogP contribution in [0.3, 0.4) is 0 Å². The second-order valence-electron chi connectivity index (χ2n) is 6.13. The third kappa shape index (κ3) is 4.63. The summed E-state index contributed by atoms with van der Waals surface area (Å²) in [5.74, 6) is 2.40. The Morgan fingerprint density at radius 1 is 1.12 bits per heavy atom. The fourth-order valence-corrected chi connectivity index (χ4v) is 3.60. The van der Waals surface area contributed by atoms with Gasteiger partial charge in [-0.25, -0.2) is 4.98 Å². The number of imidazole rings is 1. The molecule has 0 bridgehead atoms. The van der Waals surface area contributed by atoms with E-state index < -0.39 is 0 Å². The summed E-state index contributed by atoms with van der Waals surface area (Å²) in [5.41, 5.74) is 4.63. The maximum Gasteiger partial charge on any atom is 0.230 e. The predicted molar refractivity (Wildman–Crippen MR) is 105 cm³/mol. The zero-order chi connectivity index (χ0) is 17.6. The van der Waals surface area contributed by atoms with Crippen LogP contribution in [0.4, 0.5) is 0 Å². The number of carbonyl (C=O) groups excluding carboxylic acids is 1. The molecule has 0 aliphatic heterocycles. The molecular formula is C20H23N3OS. The third-order valence-electron chi connectivity index (χ3n) is 4.13. The van der Waals surface area contributed by atoms with Gasteiger partial charge in [-0.05, 0) is 31.5 Å². The highest BCUT2D eigenvalue weighted by atomic mass is 32.2. The number of hydrogen-bond acceptors (Lipinski definition) is 3. The summed E-state index contributed by atoms with van der Waals surface area (Å²) < 4.78 is 2.15. The number of carbonyl (C=O) groups is 1. The van der Waals surface area contributed by atoms with Gasteiger partial charge in [0.1, 0.15) is 5.82 Å². The van der Waals surface area contributed by atoms with Crippen molar-refractivity contribution in [3.05, 3.63) is 65.5 Å². The minimum absolute atomic E-state index is 0.0826. The van der Waals surface area contributed by atoms with Gasteiger partial charge in [-0.15, -0.1) is 11.8 Å². The molecule has 3 aromatic rings. The van der Waals surface area contributed by atoms with Crippen molar-refractivity contribution in [2.75, 3.05) is 12.3 Å². The Balaban J connectivity index is 1.43. The largest absolute Gasteiger partial charge is 0.354 e. The van der Waals surface area contributed by atoms with Crippen molar-refractivity contribution in [3.8, 4) is 0 Å². The standard InChI is InChI=1S/C20H23N3OS/c1-15-7-9-17(10-8-15)13-25-14-20(24)21-11-12-23-16(2)22-18-5-3-4-6-19(18)23/h3-10H,11-14H2,1-2H3,(H,21,24). The SMILES string of the molecule is Cc1ccc(CSCC(=O)NCCn2c(C)nc3ccccc32)cc1. The van der Waals surface area contributed by atoms with Gasteiger partial charge < -0.3 is 9.88 Å². The van der Waals surface area contributed by atoms with E-state index in [2.05, 4.69) is 52.1 Å². The van der Waals surface area contributed by atoms with Crippen molar-refractivity contribution in [3.63, 3.8) is 0 Å². The first-order valence-corrected chi connectivity index (χ1v) is 9.61. The number of aromatic nitrogens is 2. The molecule has 0 saturated carbocycles. The zero-order valence-corrected chi connectivity index (χ0v) is 15.5. The lowest BCUT2D eigenvalue weighted by Gasteiger charge is -2.09. The quantitative estimate of drug-likeness (QED) is 0.704. The fraction of sp³-hybridized carbons (Fsp3) is 0.300. The molecule has 0 atom stereocenters. The maximum atomic E-state index is 12.0. The number of benzene rings is 2. The number of nitrogens with one attached hydrogen (secondary N) is 1. The Morgan fingerprint density at radius 2 is 1.88 bits per heavy atom. The molecule has 1 amide bonds. The van der Waals surface area contributed by atoms with Gasteiger partial charge in [-0.2, -0.15) is 0 Å². The molecule has 3 rings (SSSR count). The monoisotopic (exact) mass is 353 g/mol. The van der Waals surface area contributed by atoms with Gasteiger partial charge >= 0.3 is 0 Å². The first-order chi connectivity index (χ1) is 12.1. The van der Waals surface area contributed by atoms with Crippen LogP contribution in [-0.2, 0) is 17.1 Å². The van der Waals surface area contributed by atoms with Crippen LogP contribution in [0.15, 0.2) is 48.5 Å². The molecule has 5 heteroatoms. The van der Waals surface area contributed by atoms with Crippen LogP contribution in [0.2, 0.25) is 0 Å².